The standard InChI is InChI=1S/C45H44N8O8/c1-27-25-45(27,41-47-43(57)61-48-41)53-36-13-12-29(28-15-20-60-21-16-28)22-31(36)23-37(53)40(56)49-17-14-33-34(26-49)46-42(51-19-18-50(44(51)58)32-9-4-3-5-10-32)52(39(33)55)35-11-7-6-8-30(35)24-38(54)59-2/h3-13,22-23,27-28H,14-21,24-26H2,1-2H3,(H,47,48,57)/t27-,45-/m0/s1. The summed E-state index contributed by atoms with van der Waals surface area (Å²) in [5.41, 5.74) is 3.65. The highest BCUT2D eigenvalue weighted by molar-refractivity contribution is 6.05. The highest BCUT2D eigenvalue weighted by Crippen LogP contribution is 2.56. The number of ether oxygens (including phenoxy) is 2. The van der Waals surface area contributed by atoms with Gasteiger partial charge < -0.3 is 18.9 Å². The van der Waals surface area contributed by atoms with Crippen molar-refractivity contribution in [3.8, 4) is 5.69 Å². The Labute approximate surface area is 349 Å². The van der Waals surface area contributed by atoms with Gasteiger partial charge in [0.15, 0.2) is 5.82 Å². The summed E-state index contributed by atoms with van der Waals surface area (Å²) in [6, 6.07) is 24.2. The molecule has 312 valence electrons. The second-order valence-electron chi connectivity index (χ2n) is 16.3. The monoisotopic (exact) mass is 824 g/mol. The largest absolute Gasteiger partial charge is 0.469 e. The van der Waals surface area contributed by atoms with E-state index in [9.17, 15) is 19.2 Å². The van der Waals surface area contributed by atoms with Gasteiger partial charge in [-0.1, -0.05) is 54.5 Å². The average molecular weight is 825 g/mol. The van der Waals surface area contributed by atoms with E-state index in [1.807, 2.05) is 47.0 Å². The number of urea groups is 1. The molecule has 10 rings (SSSR count). The summed E-state index contributed by atoms with van der Waals surface area (Å²) in [6.07, 6.45) is 2.54. The molecule has 1 N–H and O–H groups in total. The van der Waals surface area contributed by atoms with Crippen LogP contribution >= 0.6 is 0 Å². The summed E-state index contributed by atoms with van der Waals surface area (Å²) >= 11 is 0. The third kappa shape index (κ3) is 6.43. The van der Waals surface area contributed by atoms with Crippen LogP contribution in [0.25, 0.3) is 16.6 Å². The van der Waals surface area contributed by atoms with Crippen molar-refractivity contribution in [1.29, 1.82) is 0 Å². The van der Waals surface area contributed by atoms with Gasteiger partial charge in [-0.3, -0.25) is 33.7 Å². The van der Waals surface area contributed by atoms with E-state index in [-0.39, 0.29) is 61.8 Å². The van der Waals surface area contributed by atoms with Gasteiger partial charge in [0.05, 0.1) is 31.5 Å². The van der Waals surface area contributed by atoms with Crippen molar-refractivity contribution in [3.63, 3.8) is 0 Å². The minimum Gasteiger partial charge on any atom is -0.469 e. The zero-order valence-electron chi connectivity index (χ0n) is 33.8. The molecule has 3 aliphatic heterocycles. The number of hydrogen-bond acceptors (Lipinski definition) is 10. The van der Waals surface area contributed by atoms with E-state index in [0.717, 1.165) is 23.7 Å². The highest BCUT2D eigenvalue weighted by atomic mass is 16.5. The first-order valence-electron chi connectivity index (χ1n) is 20.7. The molecule has 0 radical (unpaired) electrons. The summed E-state index contributed by atoms with van der Waals surface area (Å²) in [6.45, 7) is 4.25. The number of amides is 3. The maximum atomic E-state index is 15.1. The molecule has 16 heteroatoms. The van der Waals surface area contributed by atoms with Crippen LogP contribution < -0.4 is 21.1 Å². The van der Waals surface area contributed by atoms with Crippen LogP contribution in [0.4, 0.5) is 16.4 Å². The number of nitrogens with zero attached hydrogens (tertiary/aromatic N) is 7. The van der Waals surface area contributed by atoms with Crippen molar-refractivity contribution in [2.45, 2.75) is 57.0 Å². The number of carbonyl (C=O) groups is 3. The molecule has 2 atom stereocenters. The molecule has 3 aromatic carbocycles. The normalized spacial score (nSPS) is 20.3. The molecule has 0 unspecified atom stereocenters. The topological polar surface area (TPSA) is 178 Å². The Hall–Kier alpha value is -6.81. The number of H-pyrrole nitrogens is 1. The smallest absolute Gasteiger partial charge is 0.438 e. The van der Waals surface area contributed by atoms with Crippen molar-refractivity contribution < 1.29 is 28.4 Å². The minimum atomic E-state index is -0.829. The van der Waals surface area contributed by atoms with Crippen LogP contribution in [0, 0.1) is 5.92 Å². The third-order valence-electron chi connectivity index (χ3n) is 12.9. The molecule has 3 aromatic heterocycles. The maximum absolute atomic E-state index is 15.1. The van der Waals surface area contributed by atoms with Crippen molar-refractivity contribution in [3.05, 3.63) is 134 Å². The van der Waals surface area contributed by atoms with Crippen LogP contribution in [-0.4, -0.2) is 87.0 Å². The van der Waals surface area contributed by atoms with Crippen LogP contribution in [0.5, 0.6) is 0 Å². The highest BCUT2D eigenvalue weighted by Gasteiger charge is 2.59. The van der Waals surface area contributed by atoms with E-state index in [1.54, 1.807) is 34.1 Å². The van der Waals surface area contributed by atoms with E-state index in [0.29, 0.717) is 71.8 Å². The van der Waals surface area contributed by atoms with Gasteiger partial charge in [0.25, 0.3) is 11.5 Å². The molecule has 6 heterocycles. The van der Waals surface area contributed by atoms with Crippen LogP contribution in [0.3, 0.4) is 0 Å². The van der Waals surface area contributed by atoms with E-state index >= 15 is 4.79 Å². The van der Waals surface area contributed by atoms with E-state index in [1.165, 1.54) is 22.1 Å². The van der Waals surface area contributed by atoms with Gasteiger partial charge in [-0.05, 0) is 85.0 Å². The number of anilines is 2. The lowest BCUT2D eigenvalue weighted by molar-refractivity contribution is -0.139. The van der Waals surface area contributed by atoms with E-state index in [4.69, 9.17) is 19.0 Å². The number of aromatic amines is 1. The predicted molar refractivity (Wildman–Crippen MR) is 223 cm³/mol. The van der Waals surface area contributed by atoms with Crippen molar-refractivity contribution in [2.24, 2.45) is 5.92 Å². The lowest BCUT2D eigenvalue weighted by atomic mass is 9.91. The Bertz CT molecular complexity index is 2840. The molecular weight excluding hydrogens is 781 g/mol. The molecule has 3 fully saturated rings. The van der Waals surface area contributed by atoms with Crippen LogP contribution in [0.2, 0.25) is 0 Å². The number of nitrogens with one attached hydrogen (secondary N) is 1. The van der Waals surface area contributed by atoms with Gasteiger partial charge in [-0.15, -0.1) is 0 Å². The molecule has 1 aliphatic carbocycles. The summed E-state index contributed by atoms with van der Waals surface area (Å²) in [4.78, 5) is 81.7. The number of aromatic nitrogens is 5. The lowest BCUT2D eigenvalue weighted by Gasteiger charge is -2.31. The Morgan fingerprint density at radius 2 is 1.69 bits per heavy atom. The number of hydrogen-bond donors (Lipinski definition) is 1. The maximum Gasteiger partial charge on any atom is 0.438 e. The molecule has 6 aromatic rings. The quantitative estimate of drug-likeness (QED) is 0.197. The zero-order valence-corrected chi connectivity index (χ0v) is 33.8. The van der Waals surface area contributed by atoms with Gasteiger partial charge in [0.2, 0.25) is 5.95 Å². The average Bonchev–Trinajstić information content (AvgIpc) is 3.61. The first kappa shape index (κ1) is 38.4. The van der Waals surface area contributed by atoms with Crippen LogP contribution in [0.15, 0.2) is 93.0 Å². The Balaban J connectivity index is 1.07. The molecule has 4 aliphatic rings. The molecule has 0 bridgehead atoms. The minimum absolute atomic E-state index is 0.00365. The van der Waals surface area contributed by atoms with Gasteiger partial charge in [-0.2, -0.15) is 0 Å². The second-order valence-corrected chi connectivity index (χ2v) is 16.3. The van der Waals surface area contributed by atoms with Crippen molar-refractivity contribution in [2.75, 3.05) is 49.8 Å². The van der Waals surface area contributed by atoms with E-state index in [2.05, 4.69) is 29.2 Å². The van der Waals surface area contributed by atoms with E-state index < -0.39 is 17.3 Å². The zero-order chi connectivity index (χ0) is 42.0. The fourth-order valence-corrected chi connectivity index (χ4v) is 9.56. The molecule has 16 nitrogen and oxygen atoms in total. The van der Waals surface area contributed by atoms with Gasteiger partial charge in [0.1, 0.15) is 11.2 Å². The van der Waals surface area contributed by atoms with Gasteiger partial charge in [-0.25, -0.2) is 19.1 Å². The number of esters is 1. The molecule has 3 amide bonds. The number of para-hydroxylation sites is 2. The number of rotatable bonds is 9. The molecule has 0 spiro atoms. The SMILES string of the molecule is COC(=O)Cc1ccccc1-n1c(N2CCN(c3ccccc3)C2=O)nc2c(c1=O)CCN(C(=O)c1cc3cc(C4CCOCC4)ccc3n1[C@@]1(c3noc(=O)[nH]3)C[C@@H]1C)C2. The summed E-state index contributed by atoms with van der Waals surface area (Å²) in [5, 5.41) is 5.02. The molecule has 61 heavy (non-hydrogen) atoms. The molecular formula is C45H44N8O8. The summed E-state index contributed by atoms with van der Waals surface area (Å²) in [7, 11) is 1.31. The first-order chi connectivity index (χ1) is 29.7. The first-order valence-corrected chi connectivity index (χ1v) is 20.7. The molecule has 2 saturated heterocycles. The predicted octanol–water partition coefficient (Wildman–Crippen LogP) is 4.90. The molecule has 1 saturated carbocycles. The summed E-state index contributed by atoms with van der Waals surface area (Å²) < 4.78 is 19.0. The fourth-order valence-electron chi connectivity index (χ4n) is 9.56. The second kappa shape index (κ2) is 15.0. The Kier molecular flexibility index (Phi) is 9.46. The number of methoxy groups -OCH3 is 1. The lowest BCUT2D eigenvalue weighted by Crippen LogP contribution is -2.43. The number of fused-ring (bicyclic) bond motifs is 2. The third-order valence-corrected chi connectivity index (χ3v) is 12.9. The Morgan fingerprint density at radius 1 is 0.934 bits per heavy atom. The number of benzene rings is 3. The summed E-state index contributed by atoms with van der Waals surface area (Å²) in [5.74, 6) is -0.630. The van der Waals surface area contributed by atoms with Gasteiger partial charge in [0, 0.05) is 55.0 Å². The Morgan fingerprint density at radius 3 is 2.43 bits per heavy atom. The van der Waals surface area contributed by atoms with Crippen molar-refractivity contribution >= 4 is 40.4 Å². The van der Waals surface area contributed by atoms with Crippen LogP contribution in [0.1, 0.15) is 70.8 Å². The van der Waals surface area contributed by atoms with Crippen LogP contribution in [-0.2, 0) is 39.2 Å². The van der Waals surface area contributed by atoms with Crippen molar-refractivity contribution in [1.82, 2.24) is 29.2 Å². The number of carbonyl (C=O) groups excluding carboxylic acids is 3. The fraction of sp³-hybridized carbons (Fsp3) is 0.356. The van der Waals surface area contributed by atoms with Gasteiger partial charge >= 0.3 is 17.8 Å².